The highest BCUT2D eigenvalue weighted by Crippen LogP contribution is 2.26. The van der Waals surface area contributed by atoms with Gasteiger partial charge in [0.25, 0.3) is 0 Å². The van der Waals surface area contributed by atoms with Crippen molar-refractivity contribution in [3.05, 3.63) is 37.1 Å². The summed E-state index contributed by atoms with van der Waals surface area (Å²) in [6, 6.07) is 3.91. The molecule has 1 fully saturated rings. The molecule has 0 N–H and O–H groups in total. The van der Waals surface area contributed by atoms with E-state index in [4.69, 9.17) is 9.15 Å². The molecule has 0 bridgehead atoms. The van der Waals surface area contributed by atoms with Crippen LogP contribution in [-0.4, -0.2) is 40.9 Å². The molecule has 4 heterocycles. The number of rotatable bonds is 2. The lowest BCUT2D eigenvalue weighted by atomic mass is 10.2. The van der Waals surface area contributed by atoms with E-state index in [2.05, 4.69) is 15.0 Å². The summed E-state index contributed by atoms with van der Waals surface area (Å²) in [7, 11) is 0. The van der Waals surface area contributed by atoms with E-state index in [0.29, 0.717) is 0 Å². The van der Waals surface area contributed by atoms with Crippen molar-refractivity contribution in [1.82, 2.24) is 14.6 Å². The highest BCUT2D eigenvalue weighted by atomic mass is 16.5. The Bertz CT molecular complexity index is 714. The maximum absolute atomic E-state index is 5.40. The average molecular weight is 270 g/mol. The van der Waals surface area contributed by atoms with Crippen LogP contribution in [0.3, 0.4) is 0 Å². The fraction of sp³-hybridized carbons (Fsp3) is 0.286. The number of furan rings is 1. The quantitative estimate of drug-likeness (QED) is 0.711. The Balaban J connectivity index is 1.83. The normalized spacial score (nSPS) is 15.9. The minimum Gasteiger partial charge on any atom is -0.472 e. The first kappa shape index (κ1) is 11.5. The predicted octanol–water partition coefficient (Wildman–Crippen LogP) is 1.83. The topological polar surface area (TPSA) is 55.8 Å². The van der Waals surface area contributed by atoms with Crippen LogP contribution in [0.1, 0.15) is 0 Å². The van der Waals surface area contributed by atoms with Gasteiger partial charge in [-0.1, -0.05) is 0 Å². The molecule has 3 aromatic heterocycles. The van der Waals surface area contributed by atoms with E-state index in [1.807, 2.05) is 29.0 Å². The lowest BCUT2D eigenvalue weighted by Gasteiger charge is -2.28. The molecule has 0 radical (unpaired) electrons. The molecule has 1 aliphatic rings. The molecule has 102 valence electrons. The second kappa shape index (κ2) is 4.64. The fourth-order valence-corrected chi connectivity index (χ4v) is 2.53. The predicted molar refractivity (Wildman–Crippen MR) is 73.7 cm³/mol. The molecule has 20 heavy (non-hydrogen) atoms. The third-order valence-corrected chi connectivity index (χ3v) is 3.55. The van der Waals surface area contributed by atoms with Crippen molar-refractivity contribution in [2.24, 2.45) is 0 Å². The minimum absolute atomic E-state index is 0.750. The van der Waals surface area contributed by atoms with Gasteiger partial charge in [0.2, 0.25) is 0 Å². The SMILES string of the molecule is c1cc(N2CCOCC2)n2ncc(-c3ccoc3)c2n1. The van der Waals surface area contributed by atoms with Crippen LogP contribution in [0.2, 0.25) is 0 Å². The second-order valence-electron chi connectivity index (χ2n) is 4.71. The summed E-state index contributed by atoms with van der Waals surface area (Å²) in [5.74, 6) is 1.05. The van der Waals surface area contributed by atoms with Gasteiger partial charge < -0.3 is 14.1 Å². The molecule has 6 nitrogen and oxygen atoms in total. The van der Waals surface area contributed by atoms with Gasteiger partial charge in [0, 0.05) is 30.4 Å². The first-order valence-electron chi connectivity index (χ1n) is 6.61. The van der Waals surface area contributed by atoms with Gasteiger partial charge in [-0.25, -0.2) is 4.98 Å². The summed E-state index contributed by atoms with van der Waals surface area (Å²) in [6.45, 7) is 3.25. The summed E-state index contributed by atoms with van der Waals surface area (Å²) in [5.41, 5.74) is 2.82. The van der Waals surface area contributed by atoms with Crippen molar-refractivity contribution in [1.29, 1.82) is 0 Å². The largest absolute Gasteiger partial charge is 0.472 e. The number of aromatic nitrogens is 3. The maximum atomic E-state index is 5.40. The molecule has 4 rings (SSSR count). The lowest BCUT2D eigenvalue weighted by molar-refractivity contribution is 0.122. The summed E-state index contributed by atoms with van der Waals surface area (Å²) >= 11 is 0. The number of ether oxygens (including phenoxy) is 1. The Morgan fingerprint density at radius 2 is 2.05 bits per heavy atom. The van der Waals surface area contributed by atoms with Gasteiger partial charge in [-0.2, -0.15) is 9.61 Å². The second-order valence-corrected chi connectivity index (χ2v) is 4.71. The minimum atomic E-state index is 0.750. The van der Waals surface area contributed by atoms with Crippen LogP contribution in [0, 0.1) is 0 Å². The van der Waals surface area contributed by atoms with Crippen LogP contribution in [0.15, 0.2) is 41.5 Å². The highest BCUT2D eigenvalue weighted by Gasteiger charge is 2.17. The molecule has 3 aromatic rings. The molecule has 0 spiro atoms. The van der Waals surface area contributed by atoms with E-state index in [9.17, 15) is 0 Å². The first-order valence-corrected chi connectivity index (χ1v) is 6.61. The number of morpholine rings is 1. The number of fused-ring (bicyclic) bond motifs is 1. The third-order valence-electron chi connectivity index (χ3n) is 3.55. The van der Waals surface area contributed by atoms with Crippen LogP contribution in [-0.2, 0) is 4.74 Å². The highest BCUT2D eigenvalue weighted by molar-refractivity contribution is 5.77. The van der Waals surface area contributed by atoms with E-state index >= 15 is 0 Å². The Labute approximate surface area is 115 Å². The smallest absolute Gasteiger partial charge is 0.165 e. The number of hydrogen-bond donors (Lipinski definition) is 0. The lowest BCUT2D eigenvalue weighted by Crippen LogP contribution is -2.37. The van der Waals surface area contributed by atoms with Crippen LogP contribution in [0.25, 0.3) is 16.8 Å². The van der Waals surface area contributed by atoms with Crippen LogP contribution in [0.4, 0.5) is 5.82 Å². The Kier molecular flexibility index (Phi) is 2.67. The summed E-state index contributed by atoms with van der Waals surface area (Å²) in [5, 5.41) is 4.48. The monoisotopic (exact) mass is 270 g/mol. The van der Waals surface area contributed by atoms with Crippen molar-refractivity contribution in [3.8, 4) is 11.1 Å². The van der Waals surface area contributed by atoms with E-state index in [-0.39, 0.29) is 0 Å². The molecule has 1 saturated heterocycles. The van der Waals surface area contributed by atoms with Gasteiger partial charge in [0.15, 0.2) is 5.65 Å². The Morgan fingerprint density at radius 3 is 2.85 bits per heavy atom. The van der Waals surface area contributed by atoms with E-state index in [1.54, 1.807) is 12.5 Å². The van der Waals surface area contributed by atoms with E-state index in [0.717, 1.165) is 48.9 Å². The first-order chi connectivity index (χ1) is 9.93. The maximum Gasteiger partial charge on any atom is 0.165 e. The van der Waals surface area contributed by atoms with Gasteiger partial charge in [0.1, 0.15) is 5.82 Å². The van der Waals surface area contributed by atoms with E-state index < -0.39 is 0 Å². The average Bonchev–Trinajstić information content (AvgIpc) is 3.16. The molecular formula is C14H14N4O2. The Hall–Kier alpha value is -2.34. The van der Waals surface area contributed by atoms with Crippen molar-refractivity contribution < 1.29 is 9.15 Å². The van der Waals surface area contributed by atoms with Crippen molar-refractivity contribution in [2.75, 3.05) is 31.2 Å². The van der Waals surface area contributed by atoms with E-state index in [1.165, 1.54) is 0 Å². The molecule has 0 aromatic carbocycles. The van der Waals surface area contributed by atoms with Gasteiger partial charge in [0.05, 0.1) is 31.9 Å². The fourth-order valence-electron chi connectivity index (χ4n) is 2.53. The number of nitrogens with zero attached hydrogens (tertiary/aromatic N) is 4. The number of hydrogen-bond acceptors (Lipinski definition) is 5. The Morgan fingerprint density at radius 1 is 1.15 bits per heavy atom. The van der Waals surface area contributed by atoms with Crippen molar-refractivity contribution in [3.63, 3.8) is 0 Å². The van der Waals surface area contributed by atoms with Gasteiger partial charge in [-0.05, 0) is 12.1 Å². The van der Waals surface area contributed by atoms with Crippen LogP contribution >= 0.6 is 0 Å². The van der Waals surface area contributed by atoms with Gasteiger partial charge in [-0.15, -0.1) is 0 Å². The zero-order chi connectivity index (χ0) is 13.4. The standard InChI is InChI=1S/C14H14N4O2/c1-3-15-14-12(11-2-6-20-10-11)9-16-18(14)13(1)17-4-7-19-8-5-17/h1-3,6,9-10H,4-5,7-8H2. The molecule has 0 saturated carbocycles. The molecule has 1 aliphatic heterocycles. The summed E-state index contributed by atoms with van der Waals surface area (Å²) < 4.78 is 12.4. The zero-order valence-corrected chi connectivity index (χ0v) is 10.9. The molecular weight excluding hydrogens is 256 g/mol. The zero-order valence-electron chi connectivity index (χ0n) is 10.9. The number of anilines is 1. The molecule has 0 unspecified atom stereocenters. The third kappa shape index (κ3) is 1.77. The van der Waals surface area contributed by atoms with Crippen LogP contribution in [0.5, 0.6) is 0 Å². The molecule has 0 amide bonds. The summed E-state index contributed by atoms with van der Waals surface area (Å²) in [6.07, 6.45) is 7.02. The van der Waals surface area contributed by atoms with Crippen molar-refractivity contribution in [2.45, 2.75) is 0 Å². The molecule has 0 aliphatic carbocycles. The molecule has 0 atom stereocenters. The summed E-state index contributed by atoms with van der Waals surface area (Å²) in [4.78, 5) is 6.72. The molecule has 6 heteroatoms. The van der Waals surface area contributed by atoms with Crippen molar-refractivity contribution >= 4 is 11.5 Å². The van der Waals surface area contributed by atoms with Crippen LogP contribution < -0.4 is 4.90 Å². The van der Waals surface area contributed by atoms with Gasteiger partial charge >= 0.3 is 0 Å². The van der Waals surface area contributed by atoms with Gasteiger partial charge in [-0.3, -0.25) is 0 Å².